The molecule has 0 aliphatic heterocycles. The number of aryl methyl sites for hydroxylation is 2. The monoisotopic (exact) mass is 180 g/mol. The summed E-state index contributed by atoms with van der Waals surface area (Å²) >= 11 is 0. The molecule has 2 nitrogen and oxygen atoms in total. The fourth-order valence-electron chi connectivity index (χ4n) is 1.37. The zero-order valence-corrected chi connectivity index (χ0v) is 8.59. The maximum Gasteiger partial charge on any atom is 0.123 e. The van der Waals surface area contributed by atoms with E-state index in [9.17, 15) is 0 Å². The van der Waals surface area contributed by atoms with Gasteiger partial charge in [-0.25, -0.2) is 4.89 Å². The van der Waals surface area contributed by atoms with Crippen molar-refractivity contribution in [3.8, 4) is 0 Å². The maximum absolute atomic E-state index is 8.73. The van der Waals surface area contributed by atoms with Crippen LogP contribution in [0, 0.1) is 13.8 Å². The normalized spacial score (nSPS) is 11.8. The summed E-state index contributed by atoms with van der Waals surface area (Å²) < 4.78 is 0. The SMILES string of the molecule is Cc1cc(C)cc(C(C)(C)OO)c1. The van der Waals surface area contributed by atoms with Crippen molar-refractivity contribution in [2.75, 3.05) is 0 Å². The van der Waals surface area contributed by atoms with Crippen LogP contribution in [0.5, 0.6) is 0 Å². The molecule has 13 heavy (non-hydrogen) atoms. The van der Waals surface area contributed by atoms with Gasteiger partial charge < -0.3 is 0 Å². The average Bonchev–Trinajstić information content (AvgIpc) is 2.02. The van der Waals surface area contributed by atoms with E-state index in [1.807, 2.05) is 39.8 Å². The summed E-state index contributed by atoms with van der Waals surface area (Å²) in [6.45, 7) is 7.73. The van der Waals surface area contributed by atoms with Gasteiger partial charge in [0.05, 0.1) is 0 Å². The van der Waals surface area contributed by atoms with Gasteiger partial charge in [0, 0.05) is 0 Å². The zero-order valence-electron chi connectivity index (χ0n) is 8.59. The molecule has 1 aromatic rings. The van der Waals surface area contributed by atoms with E-state index in [1.165, 1.54) is 11.1 Å². The molecule has 0 radical (unpaired) electrons. The number of hydrogen-bond acceptors (Lipinski definition) is 2. The minimum Gasteiger partial charge on any atom is -0.251 e. The predicted molar refractivity (Wildman–Crippen MR) is 52.7 cm³/mol. The Balaban J connectivity index is 3.15. The van der Waals surface area contributed by atoms with Crippen molar-refractivity contribution in [1.82, 2.24) is 0 Å². The fourth-order valence-corrected chi connectivity index (χ4v) is 1.37. The van der Waals surface area contributed by atoms with Crippen LogP contribution in [0.25, 0.3) is 0 Å². The van der Waals surface area contributed by atoms with Crippen molar-refractivity contribution in [1.29, 1.82) is 0 Å². The Morgan fingerprint density at radius 3 is 1.92 bits per heavy atom. The van der Waals surface area contributed by atoms with E-state index in [4.69, 9.17) is 5.26 Å². The minimum atomic E-state index is -0.628. The summed E-state index contributed by atoms with van der Waals surface area (Å²) in [6, 6.07) is 6.13. The third-order valence-corrected chi connectivity index (χ3v) is 2.15. The summed E-state index contributed by atoms with van der Waals surface area (Å²) in [7, 11) is 0. The standard InChI is InChI=1S/C11H16O2/c1-8-5-9(2)7-10(6-8)11(3,4)13-12/h5-7,12H,1-4H3. The van der Waals surface area contributed by atoms with Crippen molar-refractivity contribution in [3.05, 3.63) is 34.9 Å². The second-order valence-electron chi connectivity index (χ2n) is 3.98. The molecule has 0 aliphatic carbocycles. The molecular weight excluding hydrogens is 164 g/mol. The lowest BCUT2D eigenvalue weighted by Crippen LogP contribution is -2.19. The lowest BCUT2D eigenvalue weighted by Gasteiger charge is -2.21. The highest BCUT2D eigenvalue weighted by molar-refractivity contribution is 5.31. The lowest BCUT2D eigenvalue weighted by molar-refractivity contribution is -0.318. The Labute approximate surface area is 79.1 Å². The molecule has 0 saturated carbocycles. The van der Waals surface area contributed by atoms with Gasteiger partial charge in [-0.1, -0.05) is 29.3 Å². The van der Waals surface area contributed by atoms with Crippen molar-refractivity contribution in [2.24, 2.45) is 0 Å². The van der Waals surface area contributed by atoms with Crippen molar-refractivity contribution < 1.29 is 10.1 Å². The Kier molecular flexibility index (Phi) is 2.74. The van der Waals surface area contributed by atoms with E-state index in [0.29, 0.717) is 0 Å². The molecule has 72 valence electrons. The van der Waals surface area contributed by atoms with Crippen molar-refractivity contribution in [3.63, 3.8) is 0 Å². The molecule has 0 fully saturated rings. The van der Waals surface area contributed by atoms with Crippen LogP contribution in [0.4, 0.5) is 0 Å². The fraction of sp³-hybridized carbons (Fsp3) is 0.455. The molecule has 1 aromatic carbocycles. The van der Waals surface area contributed by atoms with Crippen LogP contribution in [-0.4, -0.2) is 5.26 Å². The Hall–Kier alpha value is -0.860. The Bertz CT molecular complexity index is 283. The van der Waals surface area contributed by atoms with Crippen molar-refractivity contribution in [2.45, 2.75) is 33.3 Å². The van der Waals surface area contributed by atoms with Crippen LogP contribution in [0.15, 0.2) is 18.2 Å². The summed E-state index contributed by atoms with van der Waals surface area (Å²) in [5.74, 6) is 0. The number of hydrogen-bond donors (Lipinski definition) is 1. The molecule has 0 atom stereocenters. The first-order valence-corrected chi connectivity index (χ1v) is 4.37. The lowest BCUT2D eigenvalue weighted by atomic mass is 9.95. The molecule has 0 heterocycles. The Morgan fingerprint density at radius 1 is 1.08 bits per heavy atom. The van der Waals surface area contributed by atoms with E-state index in [2.05, 4.69) is 11.0 Å². The summed E-state index contributed by atoms with van der Waals surface area (Å²) in [6.07, 6.45) is 0. The third kappa shape index (κ3) is 2.29. The topological polar surface area (TPSA) is 29.5 Å². The van der Waals surface area contributed by atoms with E-state index < -0.39 is 5.60 Å². The smallest absolute Gasteiger partial charge is 0.123 e. The minimum absolute atomic E-state index is 0.628. The quantitative estimate of drug-likeness (QED) is 0.560. The average molecular weight is 180 g/mol. The van der Waals surface area contributed by atoms with Gasteiger partial charge in [0.1, 0.15) is 5.60 Å². The molecule has 0 amide bonds. The summed E-state index contributed by atoms with van der Waals surface area (Å²) in [4.78, 5) is 4.43. The van der Waals surface area contributed by atoms with Crippen LogP contribution >= 0.6 is 0 Å². The van der Waals surface area contributed by atoms with Crippen LogP contribution in [0.1, 0.15) is 30.5 Å². The maximum atomic E-state index is 8.73. The van der Waals surface area contributed by atoms with Crippen molar-refractivity contribution >= 4 is 0 Å². The van der Waals surface area contributed by atoms with E-state index in [1.54, 1.807) is 0 Å². The largest absolute Gasteiger partial charge is 0.251 e. The van der Waals surface area contributed by atoms with Gasteiger partial charge in [-0.3, -0.25) is 5.26 Å². The van der Waals surface area contributed by atoms with Gasteiger partial charge in [-0.15, -0.1) is 0 Å². The van der Waals surface area contributed by atoms with Gasteiger partial charge >= 0.3 is 0 Å². The zero-order chi connectivity index (χ0) is 10.1. The first kappa shape index (κ1) is 10.2. The molecule has 1 rings (SSSR count). The summed E-state index contributed by atoms with van der Waals surface area (Å²) in [5.41, 5.74) is 2.73. The molecule has 0 bridgehead atoms. The van der Waals surface area contributed by atoms with Gasteiger partial charge in [-0.2, -0.15) is 0 Å². The molecule has 0 aliphatic rings. The van der Waals surface area contributed by atoms with Gasteiger partial charge in [-0.05, 0) is 33.3 Å². The molecule has 1 N–H and O–H groups in total. The van der Waals surface area contributed by atoms with E-state index in [0.717, 1.165) is 5.56 Å². The van der Waals surface area contributed by atoms with E-state index in [-0.39, 0.29) is 0 Å². The number of rotatable bonds is 2. The van der Waals surface area contributed by atoms with Crippen LogP contribution in [0.3, 0.4) is 0 Å². The van der Waals surface area contributed by atoms with Gasteiger partial charge in [0.15, 0.2) is 0 Å². The molecular formula is C11H16O2. The second kappa shape index (κ2) is 3.48. The van der Waals surface area contributed by atoms with Crippen LogP contribution in [-0.2, 0) is 10.5 Å². The number of benzene rings is 1. The first-order chi connectivity index (χ1) is 5.95. The Morgan fingerprint density at radius 2 is 1.54 bits per heavy atom. The molecule has 0 unspecified atom stereocenters. The molecule has 0 aromatic heterocycles. The molecule has 0 saturated heterocycles. The van der Waals surface area contributed by atoms with E-state index >= 15 is 0 Å². The van der Waals surface area contributed by atoms with Gasteiger partial charge in [0.2, 0.25) is 0 Å². The third-order valence-electron chi connectivity index (χ3n) is 2.15. The summed E-state index contributed by atoms with van der Waals surface area (Å²) in [5, 5.41) is 8.73. The highest BCUT2D eigenvalue weighted by atomic mass is 17.1. The molecule has 2 heteroatoms. The van der Waals surface area contributed by atoms with Crippen LogP contribution < -0.4 is 0 Å². The second-order valence-corrected chi connectivity index (χ2v) is 3.98. The van der Waals surface area contributed by atoms with Crippen LogP contribution in [0.2, 0.25) is 0 Å². The highest BCUT2D eigenvalue weighted by Crippen LogP contribution is 2.25. The van der Waals surface area contributed by atoms with Gasteiger partial charge in [0.25, 0.3) is 0 Å². The highest BCUT2D eigenvalue weighted by Gasteiger charge is 2.21. The first-order valence-electron chi connectivity index (χ1n) is 4.37. The predicted octanol–water partition coefficient (Wildman–Crippen LogP) is 3.03. The molecule has 0 spiro atoms.